The fourth-order valence-electron chi connectivity index (χ4n) is 3.71. The Morgan fingerprint density at radius 3 is 2.48 bits per heavy atom. The van der Waals surface area contributed by atoms with E-state index in [4.69, 9.17) is 14.0 Å². The number of esters is 1. The number of carboxylic acids is 1. The second kappa shape index (κ2) is 9.62. The molecule has 1 aliphatic heterocycles. The van der Waals surface area contributed by atoms with E-state index in [9.17, 15) is 18.0 Å². The van der Waals surface area contributed by atoms with Crippen molar-refractivity contribution in [2.45, 2.75) is 51.5 Å². The zero-order valence-electron chi connectivity index (χ0n) is 18.8. The molecule has 0 bridgehead atoms. The molecule has 0 amide bonds. The SMILES string of the molecule is C=Cc1c(C)c2c(c(OS(=O)(=O)c3ccc(C)cc3)c1C/C=C(\C)CCC(=O)O)C(=O)OC2. The van der Waals surface area contributed by atoms with Crippen LogP contribution < -0.4 is 4.18 Å². The Hall–Kier alpha value is -3.39. The van der Waals surface area contributed by atoms with Crippen molar-refractivity contribution in [3.8, 4) is 5.75 Å². The number of rotatable bonds is 9. The molecule has 0 spiro atoms. The van der Waals surface area contributed by atoms with Gasteiger partial charge in [-0.2, -0.15) is 8.42 Å². The molecule has 7 nitrogen and oxygen atoms in total. The number of carbonyl (C=O) groups excluding carboxylic acids is 1. The number of cyclic esters (lactones) is 1. The second-order valence-electron chi connectivity index (χ2n) is 7.98. The third kappa shape index (κ3) is 5.17. The Balaban J connectivity index is 2.14. The molecule has 1 aliphatic rings. The number of fused-ring (bicyclic) bond motifs is 1. The minimum Gasteiger partial charge on any atom is -0.481 e. The standard InChI is InChI=1S/C25H26O7S/c1-5-19-17(4)21-14-31-25(28)23(21)24(20(19)12-8-16(3)9-13-22(26)27)32-33(29,30)18-10-6-15(2)7-11-18/h5-8,10-11H,1,9,12-14H2,2-4H3,(H,26,27)/b16-8+. The molecule has 8 heteroatoms. The number of hydrogen-bond donors (Lipinski definition) is 1. The molecule has 33 heavy (non-hydrogen) atoms. The van der Waals surface area contributed by atoms with Crippen LogP contribution in [0.2, 0.25) is 0 Å². The summed E-state index contributed by atoms with van der Waals surface area (Å²) >= 11 is 0. The molecular weight excluding hydrogens is 444 g/mol. The van der Waals surface area contributed by atoms with E-state index >= 15 is 0 Å². The first-order valence-corrected chi connectivity index (χ1v) is 11.8. The molecule has 1 N–H and O–H groups in total. The number of aryl methyl sites for hydroxylation is 1. The third-order valence-electron chi connectivity index (χ3n) is 5.63. The lowest BCUT2D eigenvalue weighted by Gasteiger charge is -2.18. The van der Waals surface area contributed by atoms with Crippen LogP contribution in [-0.4, -0.2) is 25.5 Å². The lowest BCUT2D eigenvalue weighted by Crippen LogP contribution is -2.15. The van der Waals surface area contributed by atoms with Crippen LogP contribution in [0, 0.1) is 13.8 Å². The van der Waals surface area contributed by atoms with Crippen molar-refractivity contribution >= 4 is 28.1 Å². The highest BCUT2D eigenvalue weighted by atomic mass is 32.2. The number of carboxylic acid groups (broad SMARTS) is 1. The van der Waals surface area contributed by atoms with Gasteiger partial charge in [-0.1, -0.05) is 42.0 Å². The zero-order chi connectivity index (χ0) is 24.3. The van der Waals surface area contributed by atoms with E-state index in [1.807, 2.05) is 19.9 Å². The van der Waals surface area contributed by atoms with Gasteiger partial charge in [0.05, 0.1) is 0 Å². The maximum Gasteiger partial charge on any atom is 0.342 e. The van der Waals surface area contributed by atoms with Gasteiger partial charge < -0.3 is 14.0 Å². The normalized spacial score (nSPS) is 13.4. The third-order valence-corrected chi connectivity index (χ3v) is 6.87. The lowest BCUT2D eigenvalue weighted by molar-refractivity contribution is -0.136. The maximum atomic E-state index is 13.1. The quantitative estimate of drug-likeness (QED) is 0.320. The van der Waals surface area contributed by atoms with Gasteiger partial charge in [-0.3, -0.25) is 4.79 Å². The van der Waals surface area contributed by atoms with E-state index < -0.39 is 22.1 Å². The van der Waals surface area contributed by atoms with E-state index in [1.54, 1.807) is 25.1 Å². The van der Waals surface area contributed by atoms with Crippen LogP contribution in [0.3, 0.4) is 0 Å². The summed E-state index contributed by atoms with van der Waals surface area (Å²) in [6, 6.07) is 6.21. The molecule has 1 heterocycles. The number of aliphatic carboxylic acids is 1. The average Bonchev–Trinajstić information content (AvgIpc) is 3.15. The molecule has 2 aromatic rings. The summed E-state index contributed by atoms with van der Waals surface area (Å²) in [5, 5.41) is 8.92. The predicted octanol–water partition coefficient (Wildman–Crippen LogP) is 4.74. The smallest absolute Gasteiger partial charge is 0.342 e. The molecule has 0 aromatic heterocycles. The minimum absolute atomic E-state index is 0.0165. The Bertz CT molecular complexity index is 1250. The van der Waals surface area contributed by atoms with Crippen LogP contribution in [0.1, 0.15) is 57.9 Å². The van der Waals surface area contributed by atoms with Crippen LogP contribution in [0.15, 0.2) is 47.4 Å². The summed E-state index contributed by atoms with van der Waals surface area (Å²) in [6.07, 6.45) is 3.97. The summed E-state index contributed by atoms with van der Waals surface area (Å²) in [5.74, 6) is -1.62. The average molecular weight is 471 g/mol. The molecule has 3 rings (SSSR count). The number of allylic oxidation sites excluding steroid dienone is 2. The van der Waals surface area contributed by atoms with Crippen molar-refractivity contribution in [2.24, 2.45) is 0 Å². The van der Waals surface area contributed by atoms with Crippen molar-refractivity contribution in [3.05, 3.63) is 75.9 Å². The van der Waals surface area contributed by atoms with E-state index in [-0.39, 0.29) is 35.7 Å². The van der Waals surface area contributed by atoms with Crippen LogP contribution >= 0.6 is 0 Å². The van der Waals surface area contributed by atoms with Crippen LogP contribution in [0.4, 0.5) is 0 Å². The Morgan fingerprint density at radius 1 is 1.21 bits per heavy atom. The molecule has 0 fully saturated rings. The monoisotopic (exact) mass is 470 g/mol. The van der Waals surface area contributed by atoms with Crippen molar-refractivity contribution in [1.82, 2.24) is 0 Å². The van der Waals surface area contributed by atoms with Gasteiger partial charge in [-0.15, -0.1) is 0 Å². The predicted molar refractivity (Wildman–Crippen MR) is 124 cm³/mol. The van der Waals surface area contributed by atoms with Crippen molar-refractivity contribution in [2.75, 3.05) is 0 Å². The summed E-state index contributed by atoms with van der Waals surface area (Å²) in [5.41, 5.74) is 4.27. The second-order valence-corrected chi connectivity index (χ2v) is 9.53. The highest BCUT2D eigenvalue weighted by molar-refractivity contribution is 7.87. The maximum absolute atomic E-state index is 13.1. The number of benzene rings is 2. The van der Waals surface area contributed by atoms with E-state index in [1.165, 1.54) is 12.1 Å². The van der Waals surface area contributed by atoms with Crippen LogP contribution in [-0.2, 0) is 32.7 Å². The summed E-state index contributed by atoms with van der Waals surface area (Å²) in [4.78, 5) is 23.4. The Morgan fingerprint density at radius 2 is 1.88 bits per heavy atom. The Labute approximate surface area is 193 Å². The van der Waals surface area contributed by atoms with Gasteiger partial charge in [0.2, 0.25) is 0 Å². The Kier molecular flexibility index (Phi) is 7.07. The van der Waals surface area contributed by atoms with Gasteiger partial charge in [0.15, 0.2) is 5.75 Å². The molecular formula is C25H26O7S. The number of hydrogen-bond acceptors (Lipinski definition) is 6. The van der Waals surface area contributed by atoms with Crippen molar-refractivity contribution < 1.29 is 32.0 Å². The highest BCUT2D eigenvalue weighted by Crippen LogP contribution is 2.40. The summed E-state index contributed by atoms with van der Waals surface area (Å²) < 4.78 is 37.0. The van der Waals surface area contributed by atoms with Gasteiger partial charge in [0.1, 0.15) is 17.1 Å². The highest BCUT2D eigenvalue weighted by Gasteiger charge is 2.34. The zero-order valence-corrected chi connectivity index (χ0v) is 19.6. The topological polar surface area (TPSA) is 107 Å². The largest absolute Gasteiger partial charge is 0.481 e. The van der Waals surface area contributed by atoms with Gasteiger partial charge in [0, 0.05) is 17.5 Å². The molecule has 0 saturated carbocycles. The van der Waals surface area contributed by atoms with E-state index in [0.717, 1.165) is 16.7 Å². The fraction of sp³-hybridized carbons (Fsp3) is 0.280. The molecule has 2 aromatic carbocycles. The van der Waals surface area contributed by atoms with Gasteiger partial charge in [-0.25, -0.2) is 4.79 Å². The first kappa shape index (κ1) is 24.3. The first-order chi connectivity index (χ1) is 15.5. The minimum atomic E-state index is -4.24. The number of carbonyl (C=O) groups is 2. The fourth-order valence-corrected chi connectivity index (χ4v) is 4.68. The van der Waals surface area contributed by atoms with E-state index in [2.05, 4.69) is 6.58 Å². The van der Waals surface area contributed by atoms with Crippen molar-refractivity contribution in [1.29, 1.82) is 0 Å². The van der Waals surface area contributed by atoms with Gasteiger partial charge in [-0.05, 0) is 56.9 Å². The first-order valence-electron chi connectivity index (χ1n) is 10.4. The van der Waals surface area contributed by atoms with Crippen LogP contribution in [0.25, 0.3) is 6.08 Å². The molecule has 174 valence electrons. The lowest BCUT2D eigenvalue weighted by atomic mass is 9.90. The van der Waals surface area contributed by atoms with E-state index in [0.29, 0.717) is 23.1 Å². The molecule has 0 radical (unpaired) electrons. The molecule has 0 atom stereocenters. The summed E-state index contributed by atoms with van der Waals surface area (Å²) in [6.45, 7) is 9.34. The molecule has 0 saturated heterocycles. The van der Waals surface area contributed by atoms with Crippen molar-refractivity contribution in [3.63, 3.8) is 0 Å². The number of ether oxygens (including phenoxy) is 1. The molecule has 0 unspecified atom stereocenters. The van der Waals surface area contributed by atoms with Gasteiger partial charge >= 0.3 is 22.1 Å². The summed E-state index contributed by atoms with van der Waals surface area (Å²) in [7, 11) is -4.24. The van der Waals surface area contributed by atoms with Crippen LogP contribution in [0.5, 0.6) is 5.75 Å². The van der Waals surface area contributed by atoms with Gasteiger partial charge in [0.25, 0.3) is 0 Å². The molecule has 0 aliphatic carbocycles.